The van der Waals surface area contributed by atoms with Crippen molar-refractivity contribution in [3.8, 4) is 11.4 Å². The minimum absolute atomic E-state index is 0.0976. The quantitative estimate of drug-likeness (QED) is 0.770. The van der Waals surface area contributed by atoms with Gasteiger partial charge in [-0.1, -0.05) is 40.1 Å². The van der Waals surface area contributed by atoms with Crippen LogP contribution in [-0.4, -0.2) is 10.1 Å². The van der Waals surface area contributed by atoms with Gasteiger partial charge in [-0.05, 0) is 18.6 Å². The molecule has 0 N–H and O–H groups in total. The van der Waals surface area contributed by atoms with Gasteiger partial charge in [-0.25, -0.2) is 0 Å². The van der Waals surface area contributed by atoms with Crippen molar-refractivity contribution in [2.24, 2.45) is 0 Å². The maximum Gasteiger partial charge on any atom is 0.416 e. The minimum Gasteiger partial charge on any atom is -0.338 e. The number of rotatable bonds is 3. The van der Waals surface area contributed by atoms with Crippen molar-refractivity contribution >= 4 is 15.9 Å². The van der Waals surface area contributed by atoms with E-state index in [4.69, 9.17) is 4.52 Å². The zero-order valence-corrected chi connectivity index (χ0v) is 11.5. The van der Waals surface area contributed by atoms with Crippen LogP contribution in [0.1, 0.15) is 29.6 Å². The molecular weight excluding hydrogens is 325 g/mol. The van der Waals surface area contributed by atoms with Gasteiger partial charge in [0.1, 0.15) is 0 Å². The Labute approximate surface area is 115 Å². The molecule has 0 bridgehead atoms. The highest BCUT2D eigenvalue weighted by Gasteiger charge is 2.30. The van der Waals surface area contributed by atoms with Crippen LogP contribution in [0, 0.1) is 0 Å². The summed E-state index contributed by atoms with van der Waals surface area (Å²) in [7, 11) is 0. The molecule has 1 aromatic heterocycles. The molecule has 1 heterocycles. The van der Waals surface area contributed by atoms with Crippen LogP contribution in [-0.2, 0) is 6.18 Å². The van der Waals surface area contributed by atoms with Crippen LogP contribution in [0.15, 0.2) is 28.8 Å². The number of alkyl halides is 4. The summed E-state index contributed by atoms with van der Waals surface area (Å²) >= 11 is 3.34. The molecular formula is C12H10BrF3N2O. The highest BCUT2D eigenvalue weighted by Crippen LogP contribution is 2.32. The average Bonchev–Trinajstić information content (AvgIpc) is 2.86. The Balaban J connectivity index is 2.34. The molecule has 3 nitrogen and oxygen atoms in total. The molecule has 1 unspecified atom stereocenters. The van der Waals surface area contributed by atoms with Crippen molar-refractivity contribution in [2.75, 3.05) is 0 Å². The second-order valence-corrected chi connectivity index (χ2v) is 5.02. The first-order valence-corrected chi connectivity index (χ1v) is 6.48. The molecule has 0 saturated carbocycles. The minimum atomic E-state index is -4.38. The van der Waals surface area contributed by atoms with Crippen molar-refractivity contribution in [3.05, 3.63) is 35.7 Å². The number of benzene rings is 1. The average molecular weight is 335 g/mol. The summed E-state index contributed by atoms with van der Waals surface area (Å²) < 4.78 is 42.8. The Bertz CT molecular complexity index is 568. The predicted molar refractivity (Wildman–Crippen MR) is 66.7 cm³/mol. The lowest BCUT2D eigenvalue weighted by molar-refractivity contribution is -0.137. The van der Waals surface area contributed by atoms with Gasteiger partial charge in [0.15, 0.2) is 0 Å². The van der Waals surface area contributed by atoms with E-state index in [9.17, 15) is 13.2 Å². The van der Waals surface area contributed by atoms with Crippen molar-refractivity contribution in [2.45, 2.75) is 24.3 Å². The third-order valence-corrected chi connectivity index (χ3v) is 3.56. The van der Waals surface area contributed by atoms with Crippen molar-refractivity contribution in [3.63, 3.8) is 0 Å². The van der Waals surface area contributed by atoms with E-state index in [0.717, 1.165) is 18.6 Å². The molecule has 0 aliphatic rings. The maximum atomic E-state index is 12.6. The van der Waals surface area contributed by atoms with Crippen LogP contribution >= 0.6 is 15.9 Å². The summed E-state index contributed by atoms with van der Waals surface area (Å²) in [6.07, 6.45) is -3.64. The molecule has 19 heavy (non-hydrogen) atoms. The smallest absolute Gasteiger partial charge is 0.338 e. The van der Waals surface area contributed by atoms with Crippen molar-refractivity contribution in [1.29, 1.82) is 0 Å². The summed E-state index contributed by atoms with van der Waals surface area (Å²) in [5.74, 6) is 0.508. The molecule has 0 aliphatic heterocycles. The summed E-state index contributed by atoms with van der Waals surface area (Å²) in [4.78, 5) is 3.98. The lowest BCUT2D eigenvalue weighted by Crippen LogP contribution is -2.04. The largest absolute Gasteiger partial charge is 0.416 e. The molecule has 1 aromatic carbocycles. The fourth-order valence-corrected chi connectivity index (χ4v) is 1.67. The van der Waals surface area contributed by atoms with Crippen LogP contribution in [0.2, 0.25) is 0 Å². The van der Waals surface area contributed by atoms with Gasteiger partial charge in [0, 0.05) is 5.56 Å². The molecule has 102 valence electrons. The maximum absolute atomic E-state index is 12.6. The third kappa shape index (κ3) is 3.15. The fraction of sp³-hybridized carbons (Fsp3) is 0.333. The molecule has 0 fully saturated rings. The second kappa shape index (κ2) is 5.32. The Hall–Kier alpha value is -1.37. The van der Waals surface area contributed by atoms with Gasteiger partial charge in [0.2, 0.25) is 11.7 Å². The Kier molecular flexibility index (Phi) is 3.93. The van der Waals surface area contributed by atoms with Crippen LogP contribution < -0.4 is 0 Å². The monoisotopic (exact) mass is 334 g/mol. The lowest BCUT2D eigenvalue weighted by Gasteiger charge is -2.06. The first-order valence-electron chi connectivity index (χ1n) is 5.57. The lowest BCUT2D eigenvalue weighted by atomic mass is 10.1. The number of hydrogen-bond donors (Lipinski definition) is 0. The third-order valence-electron chi connectivity index (χ3n) is 2.52. The summed E-state index contributed by atoms with van der Waals surface area (Å²) in [6.45, 7) is 1.92. The predicted octanol–water partition coefficient (Wildman–Crippen LogP) is 4.60. The zero-order valence-electron chi connectivity index (χ0n) is 9.91. The van der Waals surface area contributed by atoms with Crippen LogP contribution in [0.4, 0.5) is 13.2 Å². The van der Waals surface area contributed by atoms with Crippen LogP contribution in [0.3, 0.4) is 0 Å². The topological polar surface area (TPSA) is 38.9 Å². The normalized spacial score (nSPS) is 13.5. The first-order chi connectivity index (χ1) is 8.91. The Morgan fingerprint density at radius 3 is 2.74 bits per heavy atom. The standard InChI is InChI=1S/C12H10BrF3N2O/c1-2-9(13)11-17-10(18-19-11)7-4-3-5-8(6-7)12(14,15)16/h3-6,9H,2H2,1H3. The summed E-state index contributed by atoms with van der Waals surface area (Å²) in [5.41, 5.74) is -0.456. The molecule has 0 aliphatic carbocycles. The van der Waals surface area contributed by atoms with Crippen molar-refractivity contribution < 1.29 is 17.7 Å². The molecule has 2 rings (SSSR count). The van der Waals surface area contributed by atoms with Gasteiger partial charge < -0.3 is 4.52 Å². The van der Waals surface area contributed by atoms with E-state index < -0.39 is 11.7 Å². The summed E-state index contributed by atoms with van der Waals surface area (Å²) in [6, 6.07) is 4.84. The number of aromatic nitrogens is 2. The van der Waals surface area contributed by atoms with Gasteiger partial charge in [-0.15, -0.1) is 0 Å². The number of nitrogens with zero attached hydrogens (tertiary/aromatic N) is 2. The number of halogens is 4. The highest BCUT2D eigenvalue weighted by molar-refractivity contribution is 9.09. The molecule has 2 aromatic rings. The number of hydrogen-bond acceptors (Lipinski definition) is 3. The van der Waals surface area contributed by atoms with Gasteiger partial charge in [0.25, 0.3) is 0 Å². The van der Waals surface area contributed by atoms with Gasteiger partial charge in [-0.3, -0.25) is 0 Å². The van der Waals surface area contributed by atoms with E-state index >= 15 is 0 Å². The first kappa shape index (κ1) is 14.0. The highest BCUT2D eigenvalue weighted by atomic mass is 79.9. The van der Waals surface area contributed by atoms with Crippen LogP contribution in [0.25, 0.3) is 11.4 Å². The SMILES string of the molecule is CCC(Br)c1nc(-c2cccc(C(F)(F)F)c2)no1. The van der Waals surface area contributed by atoms with Crippen LogP contribution in [0.5, 0.6) is 0 Å². The Morgan fingerprint density at radius 2 is 2.11 bits per heavy atom. The van der Waals surface area contributed by atoms with Crippen molar-refractivity contribution in [1.82, 2.24) is 10.1 Å². The molecule has 0 amide bonds. The van der Waals surface area contributed by atoms with E-state index in [1.165, 1.54) is 12.1 Å². The van der Waals surface area contributed by atoms with Gasteiger partial charge in [0.05, 0.1) is 10.4 Å². The molecule has 0 saturated heterocycles. The second-order valence-electron chi connectivity index (χ2n) is 3.91. The van der Waals surface area contributed by atoms with Gasteiger partial charge in [-0.2, -0.15) is 18.2 Å². The van der Waals surface area contributed by atoms with E-state index in [0.29, 0.717) is 5.89 Å². The molecule has 7 heteroatoms. The van der Waals surface area contributed by atoms with Gasteiger partial charge >= 0.3 is 6.18 Å². The van der Waals surface area contributed by atoms with E-state index in [1.807, 2.05) is 6.92 Å². The van der Waals surface area contributed by atoms with E-state index in [2.05, 4.69) is 26.1 Å². The fourth-order valence-electron chi connectivity index (χ4n) is 1.49. The zero-order chi connectivity index (χ0) is 14.0. The summed E-state index contributed by atoms with van der Waals surface area (Å²) in [5, 5.41) is 3.70. The molecule has 1 atom stereocenters. The molecule has 0 radical (unpaired) electrons. The Morgan fingerprint density at radius 1 is 1.37 bits per heavy atom. The van der Waals surface area contributed by atoms with E-state index in [1.54, 1.807) is 0 Å². The molecule has 0 spiro atoms. The van der Waals surface area contributed by atoms with E-state index in [-0.39, 0.29) is 16.2 Å².